The molecule has 2 aliphatic rings. The number of carbonyl (C=O) groups is 2. The highest BCUT2D eigenvalue weighted by Gasteiger charge is 2.35. The monoisotopic (exact) mass is 450 g/mol. The molecule has 4 unspecified atom stereocenters. The number of methoxy groups -OCH3 is 1. The third-order valence-corrected chi connectivity index (χ3v) is 8.40. The van der Waals surface area contributed by atoms with E-state index in [2.05, 4.69) is 27.7 Å². The topological polar surface area (TPSA) is 63.6 Å². The summed E-state index contributed by atoms with van der Waals surface area (Å²) in [5.74, 6) is 1.67. The highest BCUT2D eigenvalue weighted by molar-refractivity contribution is 5.85. The van der Waals surface area contributed by atoms with Gasteiger partial charge in [0.15, 0.2) is 0 Å². The first-order valence-electron chi connectivity index (χ1n) is 13.3. The summed E-state index contributed by atoms with van der Waals surface area (Å²) in [5, 5.41) is 9.45. The van der Waals surface area contributed by atoms with Gasteiger partial charge in [-0.2, -0.15) is 0 Å². The zero-order chi connectivity index (χ0) is 23.8. The Morgan fingerprint density at radius 1 is 0.750 bits per heavy atom. The van der Waals surface area contributed by atoms with E-state index in [1.807, 2.05) is 0 Å². The molecule has 0 bridgehead atoms. The Morgan fingerprint density at radius 2 is 1.16 bits per heavy atom. The van der Waals surface area contributed by atoms with Crippen molar-refractivity contribution in [3.8, 4) is 0 Å². The maximum atomic E-state index is 13.1. The fourth-order valence-corrected chi connectivity index (χ4v) is 5.79. The predicted octanol–water partition coefficient (Wildman–Crippen LogP) is 6.52. The number of carbonyl (C=O) groups excluding carboxylic acids is 2. The first-order valence-corrected chi connectivity index (χ1v) is 13.3. The van der Waals surface area contributed by atoms with Gasteiger partial charge in [-0.3, -0.25) is 9.59 Å². The molecule has 0 aromatic rings. The summed E-state index contributed by atoms with van der Waals surface area (Å²) < 4.78 is 5.52. The van der Waals surface area contributed by atoms with Gasteiger partial charge in [-0.15, -0.1) is 0 Å². The summed E-state index contributed by atoms with van der Waals surface area (Å²) in [6, 6.07) is 0. The summed E-state index contributed by atoms with van der Waals surface area (Å²) in [4.78, 5) is 26.2. The number of hydrogen-bond donors (Lipinski definition) is 1. The first-order chi connectivity index (χ1) is 15.1. The van der Waals surface area contributed by atoms with Gasteiger partial charge in [-0.25, -0.2) is 0 Å². The summed E-state index contributed by atoms with van der Waals surface area (Å²) in [6.45, 7) is 8.60. The van der Waals surface area contributed by atoms with E-state index in [0.29, 0.717) is 11.6 Å². The number of aliphatic hydroxyl groups is 1. The molecular weight excluding hydrogens is 400 g/mol. The molecule has 2 saturated carbocycles. The third kappa shape index (κ3) is 8.56. The number of aliphatic hydroxyl groups excluding tert-OH is 1. The van der Waals surface area contributed by atoms with Gasteiger partial charge in [0, 0.05) is 37.4 Å². The molecule has 4 nitrogen and oxygen atoms in total. The standard InChI is InChI=1S/C28H50O4/c1-27(2,20-29)18-8-14-21-10-6-12-23(25(21)30)16-17-24-13-7-11-22(26(24)31)15-9-19-28(3,4)32-5/h21-24,29H,6-20H2,1-5H3. The van der Waals surface area contributed by atoms with E-state index >= 15 is 0 Å². The molecule has 2 aliphatic carbocycles. The fraction of sp³-hybridized carbons (Fsp3) is 0.929. The molecule has 0 aliphatic heterocycles. The van der Waals surface area contributed by atoms with Gasteiger partial charge >= 0.3 is 0 Å². The zero-order valence-electron chi connectivity index (χ0n) is 21.6. The molecule has 2 fully saturated rings. The van der Waals surface area contributed by atoms with E-state index in [-0.39, 0.29) is 41.3 Å². The van der Waals surface area contributed by atoms with Crippen molar-refractivity contribution in [2.75, 3.05) is 13.7 Å². The van der Waals surface area contributed by atoms with Crippen LogP contribution in [-0.2, 0) is 14.3 Å². The lowest BCUT2D eigenvalue weighted by atomic mass is 9.72. The van der Waals surface area contributed by atoms with Crippen LogP contribution in [-0.4, -0.2) is 36.0 Å². The molecule has 0 saturated heterocycles. The van der Waals surface area contributed by atoms with E-state index in [0.717, 1.165) is 89.9 Å². The van der Waals surface area contributed by atoms with E-state index in [1.165, 1.54) is 0 Å². The molecule has 0 aromatic carbocycles. The van der Waals surface area contributed by atoms with Crippen molar-refractivity contribution in [2.24, 2.45) is 29.1 Å². The SMILES string of the molecule is COC(C)(C)CCCC1CCCC(CCC2CCCC(CCCC(C)(C)CO)C2=O)C1=O. The summed E-state index contributed by atoms with van der Waals surface area (Å²) in [5.41, 5.74) is -0.156. The van der Waals surface area contributed by atoms with Crippen LogP contribution in [0.25, 0.3) is 0 Å². The Hall–Kier alpha value is -0.740. The van der Waals surface area contributed by atoms with Crippen LogP contribution in [0.5, 0.6) is 0 Å². The molecular formula is C28H50O4. The highest BCUT2D eigenvalue weighted by atomic mass is 16.5. The van der Waals surface area contributed by atoms with Gasteiger partial charge in [-0.05, 0) is 89.9 Å². The molecule has 4 atom stereocenters. The second kappa shape index (κ2) is 12.6. The zero-order valence-corrected chi connectivity index (χ0v) is 21.6. The van der Waals surface area contributed by atoms with Crippen LogP contribution in [0.3, 0.4) is 0 Å². The fourth-order valence-electron chi connectivity index (χ4n) is 5.79. The van der Waals surface area contributed by atoms with Crippen LogP contribution in [0.15, 0.2) is 0 Å². The summed E-state index contributed by atoms with van der Waals surface area (Å²) in [6.07, 6.45) is 14.1. The van der Waals surface area contributed by atoms with Gasteiger partial charge in [0.05, 0.1) is 5.60 Å². The average Bonchev–Trinajstić information content (AvgIpc) is 2.76. The summed E-state index contributed by atoms with van der Waals surface area (Å²) >= 11 is 0. The number of hydrogen-bond acceptors (Lipinski definition) is 4. The molecule has 0 radical (unpaired) electrons. The van der Waals surface area contributed by atoms with E-state index in [9.17, 15) is 14.7 Å². The molecule has 1 N–H and O–H groups in total. The molecule has 2 rings (SSSR count). The van der Waals surface area contributed by atoms with Gasteiger partial charge in [0.25, 0.3) is 0 Å². The number of rotatable bonds is 13. The lowest BCUT2D eigenvalue weighted by Crippen LogP contribution is -2.32. The van der Waals surface area contributed by atoms with Gasteiger partial charge in [-0.1, -0.05) is 33.1 Å². The Labute approximate surface area is 197 Å². The van der Waals surface area contributed by atoms with Crippen LogP contribution in [0.2, 0.25) is 0 Å². The second-order valence-electron chi connectivity index (χ2n) is 12.1. The van der Waals surface area contributed by atoms with Gasteiger partial charge < -0.3 is 9.84 Å². The predicted molar refractivity (Wildman–Crippen MR) is 131 cm³/mol. The minimum Gasteiger partial charge on any atom is -0.396 e. The minimum atomic E-state index is -0.108. The van der Waals surface area contributed by atoms with Crippen molar-refractivity contribution in [3.05, 3.63) is 0 Å². The molecule has 186 valence electrons. The molecule has 0 aromatic heterocycles. The third-order valence-electron chi connectivity index (χ3n) is 8.40. The molecule has 4 heteroatoms. The van der Waals surface area contributed by atoms with Crippen molar-refractivity contribution in [1.29, 1.82) is 0 Å². The van der Waals surface area contributed by atoms with Crippen LogP contribution >= 0.6 is 0 Å². The Bertz CT molecular complexity index is 542. The second-order valence-corrected chi connectivity index (χ2v) is 12.1. The van der Waals surface area contributed by atoms with Gasteiger partial charge in [0.1, 0.15) is 11.6 Å². The quantitative estimate of drug-likeness (QED) is 0.347. The molecule has 0 heterocycles. The average molecular weight is 451 g/mol. The lowest BCUT2D eigenvalue weighted by molar-refractivity contribution is -0.132. The highest BCUT2D eigenvalue weighted by Crippen LogP contribution is 2.37. The van der Waals surface area contributed by atoms with Crippen molar-refractivity contribution in [1.82, 2.24) is 0 Å². The Balaban J connectivity index is 1.77. The van der Waals surface area contributed by atoms with E-state index in [1.54, 1.807) is 7.11 Å². The number of Topliss-reactive ketones (excluding diaryl/α,β-unsaturated/α-hetero) is 2. The van der Waals surface area contributed by atoms with Crippen LogP contribution in [0.4, 0.5) is 0 Å². The number of ether oxygens (including phenoxy) is 1. The smallest absolute Gasteiger partial charge is 0.139 e. The van der Waals surface area contributed by atoms with Crippen LogP contribution in [0, 0.1) is 29.1 Å². The number of ketones is 2. The van der Waals surface area contributed by atoms with Gasteiger partial charge in [0.2, 0.25) is 0 Å². The maximum absolute atomic E-state index is 13.1. The van der Waals surface area contributed by atoms with Crippen molar-refractivity contribution in [3.63, 3.8) is 0 Å². The van der Waals surface area contributed by atoms with E-state index in [4.69, 9.17) is 4.74 Å². The molecule has 0 spiro atoms. The van der Waals surface area contributed by atoms with Crippen molar-refractivity contribution >= 4 is 11.6 Å². The van der Waals surface area contributed by atoms with Crippen LogP contribution in [0.1, 0.15) is 118 Å². The Morgan fingerprint density at radius 3 is 1.56 bits per heavy atom. The molecule has 0 amide bonds. The molecule has 32 heavy (non-hydrogen) atoms. The summed E-state index contributed by atoms with van der Waals surface area (Å²) in [7, 11) is 1.76. The Kier molecular flexibility index (Phi) is 10.9. The van der Waals surface area contributed by atoms with Crippen molar-refractivity contribution < 1.29 is 19.4 Å². The van der Waals surface area contributed by atoms with Crippen molar-refractivity contribution in [2.45, 2.75) is 123 Å². The van der Waals surface area contributed by atoms with Crippen LogP contribution < -0.4 is 0 Å². The minimum absolute atomic E-state index is 0.0473. The first kappa shape index (κ1) is 27.5. The largest absolute Gasteiger partial charge is 0.396 e. The normalized spacial score (nSPS) is 27.7. The lowest BCUT2D eigenvalue weighted by Gasteiger charge is -2.32. The van der Waals surface area contributed by atoms with E-state index < -0.39 is 0 Å². The maximum Gasteiger partial charge on any atom is 0.139 e.